The number of ether oxygens (including phenoxy) is 4. The van der Waals surface area contributed by atoms with Gasteiger partial charge < -0.3 is 23.6 Å². The van der Waals surface area contributed by atoms with Crippen LogP contribution in [0.5, 0.6) is 11.5 Å². The van der Waals surface area contributed by atoms with E-state index in [0.29, 0.717) is 11.3 Å². The second kappa shape index (κ2) is 26.7. The molecule has 0 heterocycles. The van der Waals surface area contributed by atoms with Crippen molar-refractivity contribution in [1.29, 1.82) is 0 Å². The average molecular weight is 1180 g/mol. The van der Waals surface area contributed by atoms with Gasteiger partial charge in [0.25, 0.3) is 0 Å². The summed E-state index contributed by atoms with van der Waals surface area (Å²) in [7, 11) is 0.947. The predicted molar refractivity (Wildman–Crippen MR) is 288 cm³/mol. The summed E-state index contributed by atoms with van der Waals surface area (Å²) < 4.78 is 27.6. The number of hydrogen-bond donors (Lipinski definition) is 0. The van der Waals surface area contributed by atoms with Crippen LogP contribution in [0.25, 0.3) is 10.2 Å². The molecule has 0 amide bonds. The van der Waals surface area contributed by atoms with Gasteiger partial charge in [-0.3, -0.25) is 4.79 Å². The number of nitrogens with zero attached hydrogens (tertiary/aromatic N) is 1. The van der Waals surface area contributed by atoms with E-state index in [-0.39, 0.29) is 48.9 Å². The van der Waals surface area contributed by atoms with E-state index in [1.54, 1.807) is 14.2 Å². The average Bonchev–Trinajstić information content (AvgIpc) is 3.18. The Labute approximate surface area is 427 Å². The fourth-order valence-corrected chi connectivity index (χ4v) is 20.8. The molecular weight excluding hydrogens is 1110 g/mol. The van der Waals surface area contributed by atoms with Gasteiger partial charge >= 0.3 is 164 Å². The molecule has 0 aliphatic rings. The van der Waals surface area contributed by atoms with Crippen molar-refractivity contribution in [3.05, 3.63) is 156 Å². The van der Waals surface area contributed by atoms with Crippen LogP contribution in [0.1, 0.15) is 40.9 Å². The van der Waals surface area contributed by atoms with E-state index < -0.39 is 21.8 Å². The van der Waals surface area contributed by atoms with Crippen molar-refractivity contribution in [2.45, 2.75) is 67.0 Å². The van der Waals surface area contributed by atoms with Gasteiger partial charge in [-0.25, -0.2) is 0 Å². The molecule has 0 N–H and O–H groups in total. The standard InChI is InChI=1S/C19H18BrP.C12H15IO2.C11H13IO3.C6H18NSi2.Na/c1-21(20,17-11-5-2-6-12-17,18-13-7-3-8-14-18)19-15-9-4-10-16-19;1-8(2)10-5-9(3)11(13)6-12(10)15-7-14-4;1-7-4-9(8(2)13)11(5-10(7)12)15-6-14-3;1-8(2,3)7-9(4,5)6;/h2-16H,1H3;5-6H,1,7H2,2-4H3;4-5H,6H2,1-3H3;1-6H3;/q;;;-1;+1. The Kier molecular flexibility index (Phi) is 25.3. The molecule has 0 bridgehead atoms. The van der Waals surface area contributed by atoms with E-state index in [2.05, 4.69) is 217 Å². The Balaban J connectivity index is 0.000000421. The maximum atomic E-state index is 11.4. The van der Waals surface area contributed by atoms with E-state index in [0.717, 1.165) is 26.0 Å². The molecule has 0 saturated carbocycles. The third-order valence-electron chi connectivity index (χ3n) is 8.81. The Bertz CT molecular complexity index is 1950. The largest absolute Gasteiger partial charge is 1.00 e. The summed E-state index contributed by atoms with van der Waals surface area (Å²) in [6.45, 7) is 28.1. The fourth-order valence-electron chi connectivity index (χ4n) is 6.22. The first-order chi connectivity index (χ1) is 27.9. The maximum absolute atomic E-state index is 11.4. The number of ketones is 1. The molecule has 5 aromatic rings. The van der Waals surface area contributed by atoms with Gasteiger partial charge in [-0.05, 0) is 114 Å². The molecule has 5 aromatic carbocycles. The minimum atomic E-state index is -2.56. The minimum absolute atomic E-state index is 0. The number of hydrogen-bond acceptors (Lipinski definition) is 5. The molecule has 13 heteroatoms. The van der Waals surface area contributed by atoms with E-state index in [1.165, 1.54) is 32.0 Å². The molecule has 0 aromatic heterocycles. The molecule has 0 atom stereocenters. The SMILES string of the molecule is C=C(C)c1cc(C)c(I)cc1OCOC.COCOc1cc(I)c(C)cc1C(C)=O.CP(Br)(c1ccccc1)(c1ccccc1)c1ccccc1.C[Si](C)(C)[N-][Si](C)(C)C.[Na+]. The summed E-state index contributed by atoms with van der Waals surface area (Å²) in [6, 6.07) is 40.1. The van der Waals surface area contributed by atoms with Gasteiger partial charge in [0.05, 0.1) is 5.56 Å². The number of allylic oxidation sites excluding steroid dienone is 1. The Morgan fingerprint density at radius 2 is 0.951 bits per heavy atom. The van der Waals surface area contributed by atoms with Gasteiger partial charge in [0.15, 0.2) is 19.4 Å². The molecule has 0 unspecified atom stereocenters. The molecule has 0 spiro atoms. The molecule has 61 heavy (non-hydrogen) atoms. The van der Waals surface area contributed by atoms with E-state index in [4.69, 9.17) is 23.6 Å². The van der Waals surface area contributed by atoms with Crippen LogP contribution in [0, 0.1) is 21.0 Å². The zero-order valence-corrected chi connectivity index (χ0v) is 49.5. The molecule has 0 aliphatic heterocycles. The monoisotopic (exact) mass is 1180 g/mol. The Hall–Kier alpha value is -1.21. The smallest absolute Gasteiger partial charge is 0.668 e. The van der Waals surface area contributed by atoms with Gasteiger partial charge in [-0.1, -0.05) is 62.3 Å². The van der Waals surface area contributed by atoms with Gasteiger partial charge in [0, 0.05) is 26.9 Å². The van der Waals surface area contributed by atoms with E-state index >= 15 is 0 Å². The Morgan fingerprint density at radius 3 is 1.21 bits per heavy atom. The number of carbonyl (C=O) groups is 1. The maximum Gasteiger partial charge on any atom is 1.00 e. The zero-order valence-electron chi connectivity index (χ0n) is 38.7. The topological polar surface area (TPSA) is 68.1 Å². The predicted octanol–water partition coefficient (Wildman–Crippen LogP) is 10.9. The van der Waals surface area contributed by atoms with Gasteiger partial charge in [-0.15, -0.1) is 0 Å². The summed E-state index contributed by atoms with van der Waals surface area (Å²) in [5, 5.41) is 1.48. The summed E-state index contributed by atoms with van der Waals surface area (Å²) >= 11 is 8.75. The number of carbonyl (C=O) groups excluding carboxylic acids is 1. The van der Waals surface area contributed by atoms with E-state index in [1.807, 2.05) is 32.0 Å². The molecular formula is C48H64BrI2NNaO5PSi2. The first-order valence-corrected chi connectivity index (χ1v) is 33.3. The summed E-state index contributed by atoms with van der Waals surface area (Å²) in [4.78, 5) is 11.4. The number of halogens is 3. The summed E-state index contributed by atoms with van der Waals surface area (Å²) in [6.07, 6.45) is 0. The van der Waals surface area contributed by atoms with Gasteiger partial charge in [0.2, 0.25) is 0 Å². The van der Waals surface area contributed by atoms with Crippen molar-refractivity contribution >= 4 is 110 Å². The van der Waals surface area contributed by atoms with Crippen molar-refractivity contribution in [2.75, 3.05) is 34.5 Å². The van der Waals surface area contributed by atoms with Gasteiger partial charge in [-0.2, -0.15) is 0 Å². The van der Waals surface area contributed by atoms with Crippen LogP contribution in [-0.4, -0.2) is 56.7 Å². The first kappa shape index (κ1) is 57.8. The van der Waals surface area contributed by atoms with Crippen LogP contribution < -0.4 is 54.9 Å². The zero-order chi connectivity index (χ0) is 45.3. The van der Waals surface area contributed by atoms with Crippen LogP contribution in [0.3, 0.4) is 0 Å². The molecule has 0 aliphatic carbocycles. The number of benzene rings is 5. The van der Waals surface area contributed by atoms with Crippen LogP contribution in [0.4, 0.5) is 0 Å². The van der Waals surface area contributed by atoms with Gasteiger partial charge in [0.1, 0.15) is 11.5 Å². The fraction of sp³-hybridized carbons (Fsp3) is 0.312. The third kappa shape index (κ3) is 18.7. The quantitative estimate of drug-likeness (QED) is 0.0386. The number of aryl methyl sites for hydroxylation is 2. The van der Waals surface area contributed by atoms with Crippen LogP contribution in [0.15, 0.2) is 122 Å². The van der Waals surface area contributed by atoms with Crippen molar-refractivity contribution in [1.82, 2.24) is 0 Å². The molecule has 0 fully saturated rings. The normalized spacial score (nSPS) is 11.6. The molecule has 5 rings (SSSR count). The van der Waals surface area contributed by atoms with Crippen molar-refractivity contribution in [2.24, 2.45) is 0 Å². The molecule has 0 saturated heterocycles. The van der Waals surface area contributed by atoms with Crippen molar-refractivity contribution < 1.29 is 53.3 Å². The minimum Gasteiger partial charge on any atom is -0.668 e. The molecule has 6 nitrogen and oxygen atoms in total. The van der Waals surface area contributed by atoms with Crippen molar-refractivity contribution in [3.63, 3.8) is 0 Å². The second-order valence-electron chi connectivity index (χ2n) is 16.5. The second-order valence-corrected chi connectivity index (χ2v) is 38.2. The van der Waals surface area contributed by atoms with Crippen LogP contribution in [0.2, 0.25) is 39.3 Å². The van der Waals surface area contributed by atoms with Crippen LogP contribution >= 0.6 is 66.0 Å². The van der Waals surface area contributed by atoms with Crippen molar-refractivity contribution in [3.8, 4) is 11.5 Å². The molecule has 0 radical (unpaired) electrons. The number of Topliss-reactive ketones (excluding diaryl/α,β-unsaturated/α-hetero) is 1. The summed E-state index contributed by atoms with van der Waals surface area (Å²) in [5.41, 5.74) is 4.96. The van der Waals surface area contributed by atoms with Crippen LogP contribution in [-0.2, 0) is 9.47 Å². The first-order valence-electron chi connectivity index (χ1n) is 19.6. The number of rotatable bonds is 13. The Morgan fingerprint density at radius 1 is 0.639 bits per heavy atom. The third-order valence-corrected chi connectivity index (χ3v) is 24.8. The summed E-state index contributed by atoms with van der Waals surface area (Å²) in [5.74, 6) is 1.42. The van der Waals surface area contributed by atoms with E-state index in [9.17, 15) is 4.79 Å². The number of methoxy groups -OCH3 is 2. The molecule has 326 valence electrons.